The number of benzene rings is 1. The second-order valence-electron chi connectivity index (χ2n) is 5.02. The van der Waals surface area contributed by atoms with Gasteiger partial charge in [-0.15, -0.1) is 0 Å². The van der Waals surface area contributed by atoms with Crippen LogP contribution in [0.15, 0.2) is 28.7 Å². The van der Waals surface area contributed by atoms with Crippen LogP contribution < -0.4 is 0 Å². The molecule has 1 fully saturated rings. The lowest BCUT2D eigenvalue weighted by Gasteiger charge is -2.42. The molecule has 1 aliphatic heterocycles. The molecule has 0 aromatic heterocycles. The first-order chi connectivity index (χ1) is 9.02. The summed E-state index contributed by atoms with van der Waals surface area (Å²) in [5.74, 6) is 0. The minimum absolute atomic E-state index is 0.0987. The summed E-state index contributed by atoms with van der Waals surface area (Å²) in [5.41, 5.74) is 1.28. The van der Waals surface area contributed by atoms with Gasteiger partial charge in [-0.25, -0.2) is 3.93 Å². The molecule has 3 atom stereocenters. The van der Waals surface area contributed by atoms with Crippen molar-refractivity contribution in [2.24, 2.45) is 0 Å². The van der Waals surface area contributed by atoms with Gasteiger partial charge in [-0.3, -0.25) is 4.90 Å². The Morgan fingerprint density at radius 3 is 2.79 bits per heavy atom. The molecule has 3 nitrogen and oxygen atoms in total. The first kappa shape index (κ1) is 15.0. The van der Waals surface area contributed by atoms with Gasteiger partial charge in [-0.1, -0.05) is 28.1 Å². The van der Waals surface area contributed by atoms with Crippen molar-refractivity contribution in [1.29, 1.82) is 5.26 Å². The molecule has 1 saturated heterocycles. The van der Waals surface area contributed by atoms with E-state index in [2.05, 4.69) is 75.1 Å². The van der Waals surface area contributed by atoms with Gasteiger partial charge in [0.25, 0.3) is 0 Å². The Morgan fingerprint density at radius 1 is 1.42 bits per heavy atom. The average Bonchev–Trinajstić information content (AvgIpc) is 2.41. The standard InChI is InChI=1S/C14H17Br2N3/c1-10-8-18(9-14(7-17)19(10)16)11(2)12-4-3-5-13(15)6-12/h3-6,10-11,14H,8-9H2,1-2H3/t10-,11?,14?/m0/s1. The Hall–Kier alpha value is -0.410. The summed E-state index contributed by atoms with van der Waals surface area (Å²) < 4.78 is 3.08. The van der Waals surface area contributed by atoms with Crippen LogP contribution in [0.2, 0.25) is 0 Å². The third kappa shape index (κ3) is 3.38. The number of hydrogen-bond acceptors (Lipinski definition) is 3. The maximum Gasteiger partial charge on any atom is 0.120 e. The van der Waals surface area contributed by atoms with E-state index >= 15 is 0 Å². The number of halogens is 2. The van der Waals surface area contributed by atoms with Gasteiger partial charge >= 0.3 is 0 Å². The molecule has 1 heterocycles. The fraction of sp³-hybridized carbons (Fsp3) is 0.500. The molecule has 2 rings (SSSR count). The Kier molecular flexibility index (Phi) is 5.02. The third-order valence-electron chi connectivity index (χ3n) is 3.65. The van der Waals surface area contributed by atoms with E-state index in [0.717, 1.165) is 17.6 Å². The smallest absolute Gasteiger partial charge is 0.120 e. The maximum atomic E-state index is 9.24. The van der Waals surface area contributed by atoms with E-state index in [1.54, 1.807) is 0 Å². The molecule has 1 aromatic rings. The first-order valence-corrected chi connectivity index (χ1v) is 7.86. The van der Waals surface area contributed by atoms with Crippen LogP contribution in [0.3, 0.4) is 0 Å². The number of piperazine rings is 1. The van der Waals surface area contributed by atoms with Gasteiger partial charge in [0.2, 0.25) is 0 Å². The molecule has 5 heteroatoms. The summed E-state index contributed by atoms with van der Waals surface area (Å²) in [6.45, 7) is 6.06. The third-order valence-corrected chi connectivity index (χ3v) is 5.34. The van der Waals surface area contributed by atoms with Crippen molar-refractivity contribution in [2.75, 3.05) is 13.1 Å². The number of rotatable bonds is 2. The van der Waals surface area contributed by atoms with Crippen molar-refractivity contribution >= 4 is 32.1 Å². The zero-order valence-electron chi connectivity index (χ0n) is 11.1. The van der Waals surface area contributed by atoms with E-state index in [4.69, 9.17) is 0 Å². The molecule has 19 heavy (non-hydrogen) atoms. The molecule has 0 aliphatic carbocycles. The molecule has 0 radical (unpaired) electrons. The summed E-state index contributed by atoms with van der Waals surface area (Å²) in [6.07, 6.45) is 0. The SMILES string of the molecule is CC(c1cccc(Br)c1)N1CC(C#N)N(Br)[C@@H](C)C1. The monoisotopic (exact) mass is 385 g/mol. The number of nitrogens with zero attached hydrogens (tertiary/aromatic N) is 3. The molecule has 0 amide bonds. The highest BCUT2D eigenvalue weighted by Crippen LogP contribution is 2.28. The average molecular weight is 387 g/mol. The van der Waals surface area contributed by atoms with Gasteiger partial charge in [0, 0.05) is 45.8 Å². The van der Waals surface area contributed by atoms with E-state index in [1.807, 2.05) is 9.99 Å². The highest BCUT2D eigenvalue weighted by atomic mass is 79.9. The maximum absolute atomic E-state index is 9.24. The highest BCUT2D eigenvalue weighted by Gasteiger charge is 2.33. The van der Waals surface area contributed by atoms with Gasteiger partial charge in [-0.05, 0) is 31.5 Å². The van der Waals surface area contributed by atoms with Gasteiger partial charge in [0.05, 0.1) is 6.07 Å². The van der Waals surface area contributed by atoms with Crippen LogP contribution in [0.4, 0.5) is 0 Å². The summed E-state index contributed by atoms with van der Waals surface area (Å²) in [7, 11) is 0. The van der Waals surface area contributed by atoms with Gasteiger partial charge in [-0.2, -0.15) is 5.26 Å². The fourth-order valence-corrected chi connectivity index (χ4v) is 3.26. The fourth-order valence-electron chi connectivity index (χ4n) is 2.49. The zero-order valence-corrected chi connectivity index (χ0v) is 14.2. The van der Waals surface area contributed by atoms with Crippen molar-refractivity contribution in [2.45, 2.75) is 32.0 Å². The van der Waals surface area contributed by atoms with Crippen LogP contribution in [-0.2, 0) is 0 Å². The van der Waals surface area contributed by atoms with Crippen LogP contribution >= 0.6 is 32.1 Å². The molecule has 0 bridgehead atoms. The molecular weight excluding hydrogens is 370 g/mol. The summed E-state index contributed by atoms with van der Waals surface area (Å²) in [4.78, 5) is 2.37. The van der Waals surface area contributed by atoms with Gasteiger partial charge in [0.1, 0.15) is 6.04 Å². The lowest BCUT2D eigenvalue weighted by atomic mass is 10.0. The Labute approximate surface area is 131 Å². The van der Waals surface area contributed by atoms with Crippen LogP contribution in [0.5, 0.6) is 0 Å². The van der Waals surface area contributed by atoms with Crippen LogP contribution in [-0.4, -0.2) is 34.0 Å². The van der Waals surface area contributed by atoms with Crippen molar-refractivity contribution in [3.05, 3.63) is 34.3 Å². The second-order valence-corrected chi connectivity index (χ2v) is 6.76. The number of hydrogen-bond donors (Lipinski definition) is 0. The Morgan fingerprint density at radius 2 is 2.16 bits per heavy atom. The summed E-state index contributed by atoms with van der Waals surface area (Å²) in [5, 5.41) is 9.24. The predicted molar refractivity (Wildman–Crippen MR) is 83.8 cm³/mol. The molecule has 102 valence electrons. The minimum Gasteiger partial charge on any atom is -0.292 e. The van der Waals surface area contributed by atoms with Crippen molar-refractivity contribution < 1.29 is 0 Å². The molecule has 0 saturated carbocycles. The quantitative estimate of drug-likeness (QED) is 0.725. The van der Waals surface area contributed by atoms with Crippen molar-refractivity contribution in [1.82, 2.24) is 8.83 Å². The Balaban J connectivity index is 2.16. The summed E-state index contributed by atoms with van der Waals surface area (Å²) in [6, 6.07) is 11.3. The van der Waals surface area contributed by atoms with Crippen molar-refractivity contribution in [3.63, 3.8) is 0 Å². The lowest BCUT2D eigenvalue weighted by Crippen LogP contribution is -2.53. The lowest BCUT2D eigenvalue weighted by molar-refractivity contribution is 0.0967. The van der Waals surface area contributed by atoms with Crippen molar-refractivity contribution in [3.8, 4) is 6.07 Å². The van der Waals surface area contributed by atoms with E-state index in [-0.39, 0.29) is 6.04 Å². The van der Waals surface area contributed by atoms with E-state index in [0.29, 0.717) is 12.1 Å². The Bertz CT molecular complexity index is 486. The van der Waals surface area contributed by atoms with Crippen LogP contribution in [0, 0.1) is 11.3 Å². The highest BCUT2D eigenvalue weighted by molar-refractivity contribution is 9.10. The number of nitriles is 1. The van der Waals surface area contributed by atoms with Gasteiger partial charge in [0.15, 0.2) is 0 Å². The van der Waals surface area contributed by atoms with E-state index < -0.39 is 0 Å². The predicted octanol–water partition coefficient (Wildman–Crippen LogP) is 3.72. The normalized spacial score (nSPS) is 26.9. The van der Waals surface area contributed by atoms with Crippen LogP contribution in [0.25, 0.3) is 0 Å². The molecule has 1 aliphatic rings. The molecule has 1 aromatic carbocycles. The van der Waals surface area contributed by atoms with Gasteiger partial charge < -0.3 is 0 Å². The van der Waals surface area contributed by atoms with E-state index in [1.165, 1.54) is 5.56 Å². The second kappa shape index (κ2) is 6.36. The van der Waals surface area contributed by atoms with E-state index in [9.17, 15) is 5.26 Å². The van der Waals surface area contributed by atoms with Crippen LogP contribution in [0.1, 0.15) is 25.5 Å². The molecule has 0 spiro atoms. The molecule has 2 unspecified atom stereocenters. The largest absolute Gasteiger partial charge is 0.292 e. The minimum atomic E-state index is -0.0987. The zero-order chi connectivity index (χ0) is 14.0. The first-order valence-electron chi connectivity index (χ1n) is 6.36. The topological polar surface area (TPSA) is 30.3 Å². The molecule has 0 N–H and O–H groups in total. The summed E-state index contributed by atoms with van der Waals surface area (Å²) >= 11 is 7.02. The molecular formula is C14H17Br2N3.